The summed E-state index contributed by atoms with van der Waals surface area (Å²) < 4.78 is 6.28. The molecule has 0 saturated heterocycles. The van der Waals surface area contributed by atoms with Gasteiger partial charge in [0, 0.05) is 23.3 Å². The second-order valence-corrected chi connectivity index (χ2v) is 4.85. The molecule has 0 radical (unpaired) electrons. The standard InChI is InChI=1S/C13H15BrN4O/c1-8-6-12(18-13(15-2)16-8)17-10-7-9(14)4-5-11(10)19-3/h4-7H,1-3H3,(H2,15,16,17,18). The van der Waals surface area contributed by atoms with Crippen molar-refractivity contribution in [2.75, 3.05) is 24.8 Å². The number of methoxy groups -OCH3 is 1. The monoisotopic (exact) mass is 322 g/mol. The Morgan fingerprint density at radius 2 is 2.00 bits per heavy atom. The van der Waals surface area contributed by atoms with E-state index in [1.54, 1.807) is 14.2 Å². The summed E-state index contributed by atoms with van der Waals surface area (Å²) in [6.45, 7) is 1.92. The van der Waals surface area contributed by atoms with Crippen molar-refractivity contribution in [3.63, 3.8) is 0 Å². The quantitative estimate of drug-likeness (QED) is 0.904. The lowest BCUT2D eigenvalue weighted by Crippen LogP contribution is -2.02. The van der Waals surface area contributed by atoms with Gasteiger partial charge >= 0.3 is 0 Å². The van der Waals surface area contributed by atoms with E-state index in [2.05, 4.69) is 36.5 Å². The summed E-state index contributed by atoms with van der Waals surface area (Å²) in [5, 5.41) is 6.16. The number of nitrogens with one attached hydrogen (secondary N) is 2. The van der Waals surface area contributed by atoms with Crippen molar-refractivity contribution >= 4 is 33.4 Å². The fraction of sp³-hybridized carbons (Fsp3) is 0.231. The molecule has 1 aromatic heterocycles. The molecule has 2 N–H and O–H groups in total. The Balaban J connectivity index is 2.35. The molecule has 5 nitrogen and oxygen atoms in total. The molecule has 0 fully saturated rings. The molecule has 1 heterocycles. The largest absolute Gasteiger partial charge is 0.495 e. The first kappa shape index (κ1) is 13.6. The molecule has 0 aliphatic heterocycles. The second kappa shape index (κ2) is 5.88. The van der Waals surface area contributed by atoms with Gasteiger partial charge in [0.15, 0.2) is 0 Å². The lowest BCUT2D eigenvalue weighted by molar-refractivity contribution is 0.416. The first-order chi connectivity index (χ1) is 9.12. The maximum atomic E-state index is 5.32. The highest BCUT2D eigenvalue weighted by Gasteiger charge is 2.06. The molecule has 2 aromatic rings. The minimum Gasteiger partial charge on any atom is -0.495 e. The predicted molar refractivity (Wildman–Crippen MR) is 80.3 cm³/mol. The number of aryl methyl sites for hydroxylation is 1. The van der Waals surface area contributed by atoms with Crippen molar-refractivity contribution in [3.8, 4) is 5.75 Å². The zero-order valence-electron chi connectivity index (χ0n) is 11.0. The van der Waals surface area contributed by atoms with Crippen LogP contribution in [-0.4, -0.2) is 24.1 Å². The number of anilines is 3. The van der Waals surface area contributed by atoms with Gasteiger partial charge in [0.25, 0.3) is 0 Å². The van der Waals surface area contributed by atoms with Gasteiger partial charge in [0.1, 0.15) is 11.6 Å². The number of benzene rings is 1. The second-order valence-electron chi connectivity index (χ2n) is 3.94. The van der Waals surface area contributed by atoms with Gasteiger partial charge in [-0.05, 0) is 25.1 Å². The minimum absolute atomic E-state index is 0.580. The van der Waals surface area contributed by atoms with Gasteiger partial charge in [-0.25, -0.2) is 4.98 Å². The third kappa shape index (κ3) is 3.35. The van der Waals surface area contributed by atoms with Crippen LogP contribution in [0.3, 0.4) is 0 Å². The Morgan fingerprint density at radius 3 is 2.68 bits per heavy atom. The summed E-state index contributed by atoms with van der Waals surface area (Å²) >= 11 is 3.44. The Labute approximate surface area is 120 Å². The number of hydrogen-bond donors (Lipinski definition) is 2. The molecule has 6 heteroatoms. The highest BCUT2D eigenvalue weighted by atomic mass is 79.9. The number of ether oxygens (including phenoxy) is 1. The first-order valence-electron chi connectivity index (χ1n) is 5.76. The number of halogens is 1. The summed E-state index contributed by atoms with van der Waals surface area (Å²) in [5.41, 5.74) is 1.73. The molecular weight excluding hydrogens is 308 g/mol. The highest BCUT2D eigenvalue weighted by molar-refractivity contribution is 9.10. The van der Waals surface area contributed by atoms with E-state index in [-0.39, 0.29) is 0 Å². The van der Waals surface area contributed by atoms with Crippen LogP contribution < -0.4 is 15.4 Å². The molecule has 0 bridgehead atoms. The van der Waals surface area contributed by atoms with Gasteiger partial charge in [-0.3, -0.25) is 0 Å². The van der Waals surface area contributed by atoms with Crippen LogP contribution in [0.2, 0.25) is 0 Å². The van der Waals surface area contributed by atoms with E-state index in [1.807, 2.05) is 31.2 Å². The summed E-state index contributed by atoms with van der Waals surface area (Å²) in [5.74, 6) is 2.05. The van der Waals surface area contributed by atoms with E-state index in [1.165, 1.54) is 0 Å². The summed E-state index contributed by atoms with van der Waals surface area (Å²) in [4.78, 5) is 8.60. The van der Waals surface area contributed by atoms with Crippen LogP contribution in [0.15, 0.2) is 28.7 Å². The van der Waals surface area contributed by atoms with E-state index in [9.17, 15) is 0 Å². The number of rotatable bonds is 4. The fourth-order valence-corrected chi connectivity index (χ4v) is 2.02. The van der Waals surface area contributed by atoms with E-state index in [4.69, 9.17) is 4.74 Å². The maximum Gasteiger partial charge on any atom is 0.224 e. The summed E-state index contributed by atoms with van der Waals surface area (Å²) in [6.07, 6.45) is 0. The minimum atomic E-state index is 0.580. The smallest absolute Gasteiger partial charge is 0.224 e. The van der Waals surface area contributed by atoms with Crippen molar-refractivity contribution < 1.29 is 4.74 Å². The third-order valence-corrected chi connectivity index (χ3v) is 3.00. The van der Waals surface area contributed by atoms with Gasteiger partial charge in [-0.1, -0.05) is 15.9 Å². The van der Waals surface area contributed by atoms with Gasteiger partial charge in [-0.15, -0.1) is 0 Å². The molecule has 0 spiro atoms. The van der Waals surface area contributed by atoms with Gasteiger partial charge in [0.05, 0.1) is 12.8 Å². The molecule has 0 aliphatic carbocycles. The Kier molecular flexibility index (Phi) is 4.21. The Hall–Kier alpha value is -1.82. The van der Waals surface area contributed by atoms with Crippen LogP contribution in [0, 0.1) is 6.92 Å². The highest BCUT2D eigenvalue weighted by Crippen LogP contribution is 2.30. The van der Waals surface area contributed by atoms with E-state index < -0.39 is 0 Å². The molecule has 2 rings (SSSR count). The average Bonchev–Trinajstić information content (AvgIpc) is 2.38. The van der Waals surface area contributed by atoms with Crippen LogP contribution in [0.4, 0.5) is 17.5 Å². The average molecular weight is 323 g/mol. The van der Waals surface area contributed by atoms with Crippen LogP contribution in [0.25, 0.3) is 0 Å². The normalized spacial score (nSPS) is 10.1. The fourth-order valence-electron chi connectivity index (χ4n) is 1.66. The zero-order valence-corrected chi connectivity index (χ0v) is 12.6. The number of hydrogen-bond acceptors (Lipinski definition) is 5. The van der Waals surface area contributed by atoms with Crippen molar-refractivity contribution in [1.29, 1.82) is 0 Å². The third-order valence-electron chi connectivity index (χ3n) is 2.50. The van der Waals surface area contributed by atoms with Crippen molar-refractivity contribution in [1.82, 2.24) is 9.97 Å². The number of nitrogens with zero attached hydrogens (tertiary/aromatic N) is 2. The van der Waals surface area contributed by atoms with Crippen LogP contribution in [0.1, 0.15) is 5.69 Å². The zero-order chi connectivity index (χ0) is 13.8. The molecule has 100 valence electrons. The van der Waals surface area contributed by atoms with Crippen LogP contribution >= 0.6 is 15.9 Å². The summed E-state index contributed by atoms with van der Waals surface area (Å²) in [6, 6.07) is 7.63. The van der Waals surface area contributed by atoms with Gasteiger partial charge < -0.3 is 15.4 Å². The molecule has 0 aliphatic rings. The van der Waals surface area contributed by atoms with E-state index in [0.29, 0.717) is 11.8 Å². The van der Waals surface area contributed by atoms with Crippen molar-refractivity contribution in [2.24, 2.45) is 0 Å². The SMILES string of the molecule is CNc1nc(C)cc(Nc2cc(Br)ccc2OC)n1. The molecule has 0 atom stereocenters. The van der Waals surface area contributed by atoms with Gasteiger partial charge in [0.2, 0.25) is 5.95 Å². The predicted octanol–water partition coefficient (Wildman–Crippen LogP) is 3.34. The van der Waals surface area contributed by atoms with Crippen molar-refractivity contribution in [2.45, 2.75) is 6.92 Å². The first-order valence-corrected chi connectivity index (χ1v) is 6.55. The van der Waals surface area contributed by atoms with E-state index >= 15 is 0 Å². The maximum absolute atomic E-state index is 5.32. The van der Waals surface area contributed by atoms with E-state index in [0.717, 1.165) is 21.6 Å². The molecule has 0 unspecified atom stereocenters. The van der Waals surface area contributed by atoms with Crippen LogP contribution in [0.5, 0.6) is 5.75 Å². The molecular formula is C13H15BrN4O. The van der Waals surface area contributed by atoms with Crippen molar-refractivity contribution in [3.05, 3.63) is 34.4 Å². The van der Waals surface area contributed by atoms with Gasteiger partial charge in [-0.2, -0.15) is 4.98 Å². The molecule has 1 aromatic carbocycles. The molecule has 19 heavy (non-hydrogen) atoms. The molecule has 0 amide bonds. The summed E-state index contributed by atoms with van der Waals surface area (Å²) in [7, 11) is 3.43. The molecule has 0 saturated carbocycles. The lowest BCUT2D eigenvalue weighted by atomic mass is 10.3. The topological polar surface area (TPSA) is 59.1 Å². The van der Waals surface area contributed by atoms with Crippen LogP contribution in [-0.2, 0) is 0 Å². The number of aromatic nitrogens is 2. The Morgan fingerprint density at radius 1 is 1.21 bits per heavy atom. The lowest BCUT2D eigenvalue weighted by Gasteiger charge is -2.12. The Bertz CT molecular complexity index is 589.